The van der Waals surface area contributed by atoms with Crippen LogP contribution in [0.3, 0.4) is 0 Å². The van der Waals surface area contributed by atoms with E-state index in [0.29, 0.717) is 4.47 Å². The third-order valence-electron chi connectivity index (χ3n) is 1.91. The van der Waals surface area contributed by atoms with Crippen molar-refractivity contribution in [3.8, 4) is 0 Å². The number of rotatable bonds is 1. The number of nitrogens with zero attached hydrogens (tertiary/aromatic N) is 2. The monoisotopic (exact) mass is 332 g/mol. The van der Waals surface area contributed by atoms with E-state index in [1.165, 1.54) is 7.11 Å². The van der Waals surface area contributed by atoms with E-state index in [9.17, 15) is 4.79 Å². The van der Waals surface area contributed by atoms with Gasteiger partial charge in [-0.3, -0.25) is 0 Å². The first-order chi connectivity index (χ1) is 7.13. The van der Waals surface area contributed by atoms with Crippen molar-refractivity contribution in [1.82, 2.24) is 9.61 Å². The summed E-state index contributed by atoms with van der Waals surface area (Å²) < 4.78 is 7.76. The van der Waals surface area contributed by atoms with E-state index in [0.717, 1.165) is 9.99 Å². The van der Waals surface area contributed by atoms with Gasteiger partial charge >= 0.3 is 5.97 Å². The van der Waals surface area contributed by atoms with Crippen LogP contribution in [-0.4, -0.2) is 22.7 Å². The van der Waals surface area contributed by atoms with Gasteiger partial charge in [0.2, 0.25) is 0 Å². The first kappa shape index (κ1) is 10.6. The second-order valence-electron chi connectivity index (χ2n) is 2.83. The van der Waals surface area contributed by atoms with Gasteiger partial charge in [-0.05, 0) is 44.0 Å². The van der Waals surface area contributed by atoms with E-state index in [-0.39, 0.29) is 5.69 Å². The highest BCUT2D eigenvalue weighted by Crippen LogP contribution is 2.24. The van der Waals surface area contributed by atoms with Gasteiger partial charge in [-0.15, -0.1) is 0 Å². The molecule has 2 rings (SSSR count). The van der Waals surface area contributed by atoms with Crippen molar-refractivity contribution in [3.63, 3.8) is 0 Å². The molecule has 0 aliphatic rings. The number of ether oxygens (including phenoxy) is 1. The Balaban J connectivity index is 2.69. The van der Waals surface area contributed by atoms with Crippen molar-refractivity contribution in [2.45, 2.75) is 0 Å². The molecule has 0 aliphatic heterocycles. The molecule has 0 fully saturated rings. The Morgan fingerprint density at radius 3 is 2.87 bits per heavy atom. The first-order valence-corrected chi connectivity index (χ1v) is 5.64. The molecule has 0 unspecified atom stereocenters. The lowest BCUT2D eigenvalue weighted by atomic mass is 10.3. The fourth-order valence-electron chi connectivity index (χ4n) is 1.22. The molecule has 0 radical (unpaired) electrons. The summed E-state index contributed by atoms with van der Waals surface area (Å²) in [6, 6.07) is 3.73. The molecule has 15 heavy (non-hydrogen) atoms. The van der Waals surface area contributed by atoms with E-state index in [1.54, 1.807) is 10.7 Å². The number of carbonyl (C=O) groups is 1. The highest BCUT2D eigenvalue weighted by molar-refractivity contribution is 9.11. The highest BCUT2D eigenvalue weighted by atomic mass is 79.9. The van der Waals surface area contributed by atoms with Crippen molar-refractivity contribution < 1.29 is 9.53 Å². The maximum absolute atomic E-state index is 11.3. The summed E-state index contributed by atoms with van der Waals surface area (Å²) in [7, 11) is 1.33. The SMILES string of the molecule is COC(=O)c1nn2cc(Br)ccc2c1Br. The standard InChI is InChI=1S/C9H6Br2N2O2/c1-15-9(14)8-7(11)6-3-2-5(10)4-13(6)12-8/h2-4H,1H3. The van der Waals surface area contributed by atoms with Crippen LogP contribution in [0.25, 0.3) is 5.52 Å². The smallest absolute Gasteiger partial charge is 0.359 e. The highest BCUT2D eigenvalue weighted by Gasteiger charge is 2.17. The topological polar surface area (TPSA) is 43.6 Å². The van der Waals surface area contributed by atoms with Crippen LogP contribution in [0, 0.1) is 0 Å². The Kier molecular flexibility index (Phi) is 2.79. The average molecular weight is 334 g/mol. The quantitative estimate of drug-likeness (QED) is 0.753. The molecule has 0 bridgehead atoms. The molecule has 6 heteroatoms. The van der Waals surface area contributed by atoms with E-state index < -0.39 is 5.97 Å². The van der Waals surface area contributed by atoms with Gasteiger partial charge in [0.05, 0.1) is 17.1 Å². The second-order valence-corrected chi connectivity index (χ2v) is 4.54. The summed E-state index contributed by atoms with van der Waals surface area (Å²) in [5, 5.41) is 4.11. The van der Waals surface area contributed by atoms with Gasteiger partial charge < -0.3 is 4.74 Å². The van der Waals surface area contributed by atoms with Gasteiger partial charge in [-0.25, -0.2) is 9.31 Å². The third-order valence-corrected chi connectivity index (χ3v) is 3.16. The van der Waals surface area contributed by atoms with E-state index in [2.05, 4.69) is 41.7 Å². The second kappa shape index (κ2) is 3.94. The van der Waals surface area contributed by atoms with Gasteiger partial charge in [0.1, 0.15) is 0 Å². The zero-order valence-electron chi connectivity index (χ0n) is 7.70. The average Bonchev–Trinajstić information content (AvgIpc) is 2.54. The van der Waals surface area contributed by atoms with Crippen LogP contribution in [0.15, 0.2) is 27.3 Å². The fraction of sp³-hybridized carbons (Fsp3) is 0.111. The lowest BCUT2D eigenvalue weighted by molar-refractivity contribution is 0.0592. The van der Waals surface area contributed by atoms with E-state index in [1.807, 2.05) is 12.1 Å². The van der Waals surface area contributed by atoms with E-state index >= 15 is 0 Å². The zero-order chi connectivity index (χ0) is 11.0. The normalized spacial score (nSPS) is 10.6. The molecule has 2 aromatic heterocycles. The minimum Gasteiger partial charge on any atom is -0.464 e. The lowest BCUT2D eigenvalue weighted by Gasteiger charge is -1.92. The van der Waals surface area contributed by atoms with Crippen LogP contribution < -0.4 is 0 Å². The summed E-state index contributed by atoms with van der Waals surface area (Å²) in [4.78, 5) is 11.3. The number of carbonyl (C=O) groups excluding carboxylic acids is 1. The molecule has 0 amide bonds. The fourth-order valence-corrected chi connectivity index (χ4v) is 2.10. The Morgan fingerprint density at radius 1 is 1.47 bits per heavy atom. The van der Waals surface area contributed by atoms with Gasteiger partial charge in [0, 0.05) is 10.7 Å². The number of hydrogen-bond acceptors (Lipinski definition) is 3. The van der Waals surface area contributed by atoms with Crippen LogP contribution in [0.1, 0.15) is 10.5 Å². The Bertz CT molecular complexity index is 536. The van der Waals surface area contributed by atoms with Crippen molar-refractivity contribution in [2.75, 3.05) is 7.11 Å². The van der Waals surface area contributed by atoms with E-state index in [4.69, 9.17) is 0 Å². The number of methoxy groups -OCH3 is 1. The molecule has 2 heterocycles. The van der Waals surface area contributed by atoms with Crippen molar-refractivity contribution in [2.24, 2.45) is 0 Å². The number of hydrogen-bond donors (Lipinski definition) is 0. The molecule has 0 aliphatic carbocycles. The number of halogens is 2. The lowest BCUT2D eigenvalue weighted by Crippen LogP contribution is -2.02. The largest absolute Gasteiger partial charge is 0.464 e. The molecule has 0 spiro atoms. The minimum absolute atomic E-state index is 0.274. The van der Waals surface area contributed by atoms with Crippen molar-refractivity contribution >= 4 is 43.3 Å². The van der Waals surface area contributed by atoms with Crippen LogP contribution in [0.5, 0.6) is 0 Å². The molecule has 0 saturated heterocycles. The maximum Gasteiger partial charge on any atom is 0.359 e. The third kappa shape index (κ3) is 1.79. The zero-order valence-corrected chi connectivity index (χ0v) is 10.9. The first-order valence-electron chi connectivity index (χ1n) is 4.05. The number of aromatic nitrogens is 2. The van der Waals surface area contributed by atoms with Gasteiger partial charge in [-0.2, -0.15) is 5.10 Å². The van der Waals surface area contributed by atoms with Gasteiger partial charge in [0.15, 0.2) is 5.69 Å². The van der Waals surface area contributed by atoms with Crippen LogP contribution in [0.2, 0.25) is 0 Å². The maximum atomic E-state index is 11.3. The van der Waals surface area contributed by atoms with Crippen LogP contribution >= 0.6 is 31.9 Å². The Morgan fingerprint density at radius 2 is 2.20 bits per heavy atom. The molecule has 0 aromatic carbocycles. The number of pyridine rings is 1. The predicted molar refractivity (Wildman–Crippen MR) is 61.9 cm³/mol. The Labute approximate surface area is 102 Å². The summed E-state index contributed by atoms with van der Waals surface area (Å²) in [6.45, 7) is 0. The molecular formula is C9H6Br2N2O2. The molecule has 78 valence electrons. The van der Waals surface area contributed by atoms with Crippen molar-refractivity contribution in [1.29, 1.82) is 0 Å². The van der Waals surface area contributed by atoms with Crippen LogP contribution in [-0.2, 0) is 4.74 Å². The minimum atomic E-state index is -0.457. The summed E-state index contributed by atoms with van der Waals surface area (Å²) in [5.74, 6) is -0.457. The molecular weight excluding hydrogens is 328 g/mol. The Hall–Kier alpha value is -0.880. The van der Waals surface area contributed by atoms with Crippen molar-refractivity contribution in [3.05, 3.63) is 33.0 Å². The molecule has 2 aromatic rings. The van der Waals surface area contributed by atoms with Crippen LogP contribution in [0.4, 0.5) is 0 Å². The molecule has 0 saturated carbocycles. The summed E-state index contributed by atoms with van der Waals surface area (Å²) >= 11 is 6.65. The summed E-state index contributed by atoms with van der Waals surface area (Å²) in [6.07, 6.45) is 1.77. The summed E-state index contributed by atoms with van der Waals surface area (Å²) in [5.41, 5.74) is 1.09. The number of fused-ring (bicyclic) bond motifs is 1. The molecule has 4 nitrogen and oxygen atoms in total. The van der Waals surface area contributed by atoms with Gasteiger partial charge in [0.25, 0.3) is 0 Å². The molecule has 0 atom stereocenters. The predicted octanol–water partition coefficient (Wildman–Crippen LogP) is 2.65. The number of esters is 1. The van der Waals surface area contributed by atoms with Gasteiger partial charge in [-0.1, -0.05) is 0 Å². The molecule has 0 N–H and O–H groups in total.